The van der Waals surface area contributed by atoms with Gasteiger partial charge in [0.1, 0.15) is 11.2 Å². The van der Waals surface area contributed by atoms with Crippen LogP contribution in [-0.4, -0.2) is 49.5 Å². The Labute approximate surface area is 139 Å². The van der Waals surface area contributed by atoms with Gasteiger partial charge in [-0.1, -0.05) is 0 Å². The first-order valence-corrected chi connectivity index (χ1v) is 7.83. The predicted molar refractivity (Wildman–Crippen MR) is 81.6 cm³/mol. The lowest BCUT2D eigenvalue weighted by Gasteiger charge is -2.44. The van der Waals surface area contributed by atoms with Crippen LogP contribution in [0.3, 0.4) is 0 Å². The van der Waals surface area contributed by atoms with E-state index in [1.165, 1.54) is 25.4 Å². The molecule has 128 valence electrons. The number of ether oxygens (including phenoxy) is 3. The minimum atomic E-state index is -1.10. The number of carbonyl (C=O) groups excluding carboxylic acids is 1. The molecule has 2 saturated heterocycles. The van der Waals surface area contributed by atoms with Gasteiger partial charge in [-0.3, -0.25) is 4.98 Å². The topological polar surface area (TPSA) is 62.0 Å². The second-order valence-corrected chi connectivity index (χ2v) is 6.33. The highest BCUT2D eigenvalue weighted by molar-refractivity contribution is 5.80. The molecule has 0 radical (unpaired) electrons. The summed E-state index contributed by atoms with van der Waals surface area (Å²) in [6.07, 6.45) is 2.81. The number of hydrogen-bond donors (Lipinski definition) is 0. The first kappa shape index (κ1) is 16.8. The first-order chi connectivity index (χ1) is 11.6. The van der Waals surface area contributed by atoms with E-state index >= 15 is 0 Å². The maximum absolute atomic E-state index is 13.8. The molecule has 0 aromatic carbocycles. The predicted octanol–water partition coefficient (Wildman–Crippen LogP) is 1.89. The maximum Gasteiger partial charge on any atom is 0.391 e. The van der Waals surface area contributed by atoms with Crippen LogP contribution in [0, 0.1) is 12.4 Å². The third-order valence-electron chi connectivity index (χ3n) is 4.97. The van der Waals surface area contributed by atoms with E-state index in [1.807, 2.05) is 0 Å². The fraction of sp³-hybridized carbons (Fsp3) is 0.588. The Kier molecular flexibility index (Phi) is 4.52. The average Bonchev–Trinajstić information content (AvgIpc) is 3.02. The standard InChI is InChI=1S/C17H19FN2O4/c1-19-14(15(21)22-2)17(13-9-12(18)3-6-20-13)5-8-24-16(10-17)4-7-23-11-16/h3,6,9,14H,4-5,7-8,10-11H2,2H3. The first-order valence-electron chi connectivity index (χ1n) is 7.83. The van der Waals surface area contributed by atoms with Gasteiger partial charge in [0.25, 0.3) is 0 Å². The molecule has 3 heterocycles. The lowest BCUT2D eigenvalue weighted by molar-refractivity contribution is -0.148. The highest BCUT2D eigenvalue weighted by atomic mass is 19.1. The summed E-state index contributed by atoms with van der Waals surface area (Å²) in [5.74, 6) is -1.08. The van der Waals surface area contributed by atoms with Crippen molar-refractivity contribution in [2.24, 2.45) is 0 Å². The van der Waals surface area contributed by atoms with Crippen LogP contribution in [0.2, 0.25) is 0 Å². The molecular formula is C17H19FN2O4. The Hall–Kier alpha value is -2.04. The molecular weight excluding hydrogens is 315 g/mol. The van der Waals surface area contributed by atoms with Crippen molar-refractivity contribution >= 4 is 5.97 Å². The summed E-state index contributed by atoms with van der Waals surface area (Å²) < 4.78 is 30.1. The third kappa shape index (κ3) is 2.76. The lowest BCUT2D eigenvalue weighted by atomic mass is 9.65. The zero-order valence-corrected chi connectivity index (χ0v) is 13.5. The number of methoxy groups -OCH3 is 1. The number of aromatic nitrogens is 1. The Morgan fingerprint density at radius 3 is 2.96 bits per heavy atom. The van der Waals surface area contributed by atoms with Crippen molar-refractivity contribution in [1.29, 1.82) is 0 Å². The maximum atomic E-state index is 13.8. The van der Waals surface area contributed by atoms with Crippen LogP contribution in [-0.2, 0) is 24.4 Å². The second kappa shape index (κ2) is 6.46. The molecule has 0 N–H and O–H groups in total. The summed E-state index contributed by atoms with van der Waals surface area (Å²) in [4.78, 5) is 20.1. The number of nitrogens with zero attached hydrogens (tertiary/aromatic N) is 2. The van der Waals surface area contributed by atoms with Crippen LogP contribution in [0.4, 0.5) is 4.39 Å². The Balaban J connectivity index is 2.10. The minimum Gasteiger partial charge on any atom is -0.463 e. The van der Waals surface area contributed by atoms with Crippen molar-refractivity contribution in [3.63, 3.8) is 0 Å². The summed E-state index contributed by atoms with van der Waals surface area (Å²) >= 11 is 0. The number of rotatable bonds is 3. The highest BCUT2D eigenvalue weighted by Crippen LogP contribution is 2.47. The molecule has 1 aromatic heterocycles. The SMILES string of the molecule is [C-]#[N+]C(C(=O)OC)C1(c2cc(F)ccn2)CCOC2(CCOC2)C1. The summed E-state index contributed by atoms with van der Waals surface area (Å²) in [5.41, 5.74) is -1.13. The summed E-state index contributed by atoms with van der Waals surface area (Å²) in [5, 5.41) is 0. The molecule has 6 nitrogen and oxygen atoms in total. The molecule has 1 spiro atoms. The van der Waals surface area contributed by atoms with E-state index in [1.54, 1.807) is 0 Å². The van der Waals surface area contributed by atoms with Crippen molar-refractivity contribution in [2.45, 2.75) is 36.3 Å². The van der Waals surface area contributed by atoms with Crippen LogP contribution in [0.15, 0.2) is 18.3 Å². The number of esters is 1. The second-order valence-electron chi connectivity index (χ2n) is 6.33. The smallest absolute Gasteiger partial charge is 0.391 e. The fourth-order valence-electron chi connectivity index (χ4n) is 3.79. The third-order valence-corrected chi connectivity index (χ3v) is 4.97. The molecule has 0 aliphatic carbocycles. The molecule has 1 aromatic rings. The van der Waals surface area contributed by atoms with Crippen molar-refractivity contribution in [3.05, 3.63) is 41.3 Å². The van der Waals surface area contributed by atoms with E-state index in [0.717, 1.165) is 0 Å². The quantitative estimate of drug-likeness (QED) is 0.624. The van der Waals surface area contributed by atoms with Gasteiger partial charge in [-0.2, -0.15) is 0 Å². The van der Waals surface area contributed by atoms with Gasteiger partial charge in [0.2, 0.25) is 0 Å². The molecule has 3 atom stereocenters. The Morgan fingerprint density at radius 1 is 1.50 bits per heavy atom. The molecule has 0 saturated carbocycles. The number of halogens is 1. The van der Waals surface area contributed by atoms with Gasteiger partial charge in [0.15, 0.2) is 0 Å². The molecule has 24 heavy (non-hydrogen) atoms. The molecule has 2 aliphatic rings. The van der Waals surface area contributed by atoms with Crippen LogP contribution < -0.4 is 0 Å². The molecule has 3 unspecified atom stereocenters. The van der Waals surface area contributed by atoms with E-state index in [4.69, 9.17) is 20.8 Å². The molecule has 2 aliphatic heterocycles. The summed E-state index contributed by atoms with van der Waals surface area (Å²) in [6.45, 7) is 8.86. The molecule has 0 bridgehead atoms. The molecule has 3 rings (SSSR count). The lowest BCUT2D eigenvalue weighted by Crippen LogP contribution is -2.55. The van der Waals surface area contributed by atoms with Crippen molar-refractivity contribution < 1.29 is 23.4 Å². The van der Waals surface area contributed by atoms with Crippen molar-refractivity contribution in [2.75, 3.05) is 26.9 Å². The van der Waals surface area contributed by atoms with E-state index in [-0.39, 0.29) is 0 Å². The van der Waals surface area contributed by atoms with Gasteiger partial charge >= 0.3 is 12.0 Å². The van der Waals surface area contributed by atoms with Gasteiger partial charge in [-0.05, 0) is 25.0 Å². The zero-order valence-electron chi connectivity index (χ0n) is 13.5. The number of hydrogen-bond acceptors (Lipinski definition) is 5. The largest absolute Gasteiger partial charge is 0.463 e. The summed E-state index contributed by atoms with van der Waals surface area (Å²) in [7, 11) is 1.25. The van der Waals surface area contributed by atoms with Crippen LogP contribution in [0.25, 0.3) is 4.85 Å². The zero-order chi connectivity index (χ0) is 17.2. The van der Waals surface area contributed by atoms with Gasteiger partial charge in [0.05, 0.1) is 25.0 Å². The van der Waals surface area contributed by atoms with Crippen LogP contribution in [0.1, 0.15) is 25.0 Å². The highest BCUT2D eigenvalue weighted by Gasteiger charge is 2.59. The fourth-order valence-corrected chi connectivity index (χ4v) is 3.79. The van der Waals surface area contributed by atoms with Crippen molar-refractivity contribution in [3.8, 4) is 0 Å². The molecule has 7 heteroatoms. The molecule has 2 fully saturated rings. The average molecular weight is 334 g/mol. The minimum absolute atomic E-state index is 0.352. The normalized spacial score (nSPS) is 30.7. The molecule has 0 amide bonds. The van der Waals surface area contributed by atoms with Gasteiger partial charge in [0, 0.05) is 25.8 Å². The van der Waals surface area contributed by atoms with Gasteiger partial charge in [-0.15, -0.1) is 0 Å². The van der Waals surface area contributed by atoms with E-state index < -0.39 is 28.8 Å². The van der Waals surface area contributed by atoms with E-state index in [2.05, 4.69) is 9.83 Å². The van der Waals surface area contributed by atoms with Gasteiger partial charge in [-0.25, -0.2) is 15.8 Å². The number of pyridine rings is 1. The van der Waals surface area contributed by atoms with Gasteiger partial charge < -0.3 is 19.1 Å². The van der Waals surface area contributed by atoms with E-state index in [9.17, 15) is 9.18 Å². The van der Waals surface area contributed by atoms with Crippen molar-refractivity contribution in [1.82, 2.24) is 4.98 Å². The van der Waals surface area contributed by atoms with Crippen LogP contribution >= 0.6 is 0 Å². The summed E-state index contributed by atoms with van der Waals surface area (Å²) in [6, 6.07) is 1.45. The Bertz CT molecular complexity index is 669. The van der Waals surface area contributed by atoms with Crippen LogP contribution in [0.5, 0.6) is 0 Å². The van der Waals surface area contributed by atoms with E-state index in [0.29, 0.717) is 44.8 Å². The monoisotopic (exact) mass is 334 g/mol. The number of carbonyl (C=O) groups is 1. The Morgan fingerprint density at radius 2 is 2.33 bits per heavy atom.